The topological polar surface area (TPSA) is 8.17 Å². The zero-order valence-electron chi connectivity index (χ0n) is 48.4. The van der Waals surface area contributed by atoms with Crippen LogP contribution >= 0.6 is 0 Å². The fourth-order valence-corrected chi connectivity index (χ4v) is 15.1. The average molecular weight is 1120 g/mol. The van der Waals surface area contributed by atoms with Gasteiger partial charge >= 0.3 is 0 Å². The highest BCUT2D eigenvalue weighted by atomic mass is 15.1. The number of para-hydroxylation sites is 1. The number of hydrogen-bond donors (Lipinski definition) is 0. The largest absolute Gasteiger partial charge is 0.311 e. The lowest BCUT2D eigenvalue weighted by atomic mass is 9.67. The molecule has 0 N–H and O–H groups in total. The fraction of sp³-hybridized carbons (Fsp3) is 0.0233. The van der Waals surface area contributed by atoms with Gasteiger partial charge in [0.15, 0.2) is 0 Å². The minimum Gasteiger partial charge on any atom is -0.311 e. The molecule has 0 unspecified atom stereocenters. The Hall–Kier alpha value is -11.3. The first-order chi connectivity index (χ1) is 43.6. The maximum absolute atomic E-state index is 2.42. The predicted molar refractivity (Wildman–Crippen MR) is 366 cm³/mol. The fourth-order valence-electron chi connectivity index (χ4n) is 15.1. The van der Waals surface area contributed by atoms with Crippen LogP contribution in [-0.2, 0) is 10.8 Å². The number of anilines is 3. The molecule has 2 nitrogen and oxygen atoms in total. The molecule has 2 heteroatoms. The standard InChI is InChI=1S/C86H58N2/c1-5-21-59(22-6-1)60-39-49-70(50-40-60)87(72-53-47-68(48-54-72)86(66-25-9-3-10-26-66)81-35-19-15-31-75(81)76-32-16-20-36-82(76)86)71-51-41-62(42-52-71)64-44-56-84-78(58-64)77-57-63(43-55-83(77)88(84)69-27-11-4-12-28-69)61-37-45-67(46-38-61)85(65-23-7-2-8-24-65)79-33-17-13-29-73(79)74-30-14-18-34-80(74)85/h1-58H. The van der Waals surface area contributed by atoms with Gasteiger partial charge in [-0.2, -0.15) is 0 Å². The molecule has 14 aromatic carbocycles. The lowest BCUT2D eigenvalue weighted by molar-refractivity contribution is 0.768. The Morgan fingerprint density at radius 2 is 0.489 bits per heavy atom. The molecular formula is C86H58N2. The van der Waals surface area contributed by atoms with Crippen LogP contribution in [0.15, 0.2) is 352 Å². The Kier molecular flexibility index (Phi) is 12.0. The Morgan fingerprint density at radius 3 is 0.886 bits per heavy atom. The number of benzene rings is 14. The first kappa shape index (κ1) is 51.1. The van der Waals surface area contributed by atoms with Gasteiger partial charge in [-0.25, -0.2) is 0 Å². The SMILES string of the molecule is c1ccc(-c2ccc(N(c3ccc(-c4ccc5c(c4)c4cc(-c6ccc(C7(c8ccccc8)c8ccccc8-c8ccccc87)cc6)ccc4n5-c4ccccc4)cc3)c3ccc(C4(c5ccccc5)c5ccccc5-c5ccccc54)cc3)cc2)cc1. The molecule has 0 atom stereocenters. The molecule has 0 fully saturated rings. The van der Waals surface area contributed by atoms with Crippen LogP contribution in [0.3, 0.4) is 0 Å². The molecule has 17 rings (SSSR count). The van der Waals surface area contributed by atoms with Gasteiger partial charge in [-0.15, -0.1) is 0 Å². The maximum atomic E-state index is 2.42. The summed E-state index contributed by atoms with van der Waals surface area (Å²) in [4.78, 5) is 2.39. The minimum atomic E-state index is -0.484. The molecule has 0 saturated carbocycles. The number of hydrogen-bond acceptors (Lipinski definition) is 1. The Bertz CT molecular complexity index is 4990. The second kappa shape index (κ2) is 20.7. The second-order valence-corrected chi connectivity index (χ2v) is 23.5. The van der Waals surface area contributed by atoms with Gasteiger partial charge in [-0.1, -0.05) is 279 Å². The van der Waals surface area contributed by atoms with Crippen LogP contribution in [-0.4, -0.2) is 4.57 Å². The van der Waals surface area contributed by atoms with Crippen molar-refractivity contribution in [2.24, 2.45) is 0 Å². The molecule has 0 radical (unpaired) electrons. The van der Waals surface area contributed by atoms with Crippen LogP contribution in [0.5, 0.6) is 0 Å². The zero-order chi connectivity index (χ0) is 58.2. The molecule has 412 valence electrons. The van der Waals surface area contributed by atoms with Crippen LogP contribution in [0.4, 0.5) is 17.1 Å². The van der Waals surface area contributed by atoms with Crippen molar-refractivity contribution in [1.82, 2.24) is 4.57 Å². The van der Waals surface area contributed by atoms with Crippen molar-refractivity contribution in [1.29, 1.82) is 0 Å². The van der Waals surface area contributed by atoms with E-state index in [9.17, 15) is 0 Å². The summed E-state index contributed by atoms with van der Waals surface area (Å²) in [6.07, 6.45) is 0. The van der Waals surface area contributed by atoms with Crippen molar-refractivity contribution in [3.05, 3.63) is 396 Å². The van der Waals surface area contributed by atoms with Crippen molar-refractivity contribution >= 4 is 38.9 Å². The van der Waals surface area contributed by atoms with E-state index in [4.69, 9.17) is 0 Å². The van der Waals surface area contributed by atoms with Gasteiger partial charge in [0.2, 0.25) is 0 Å². The number of nitrogens with zero attached hydrogens (tertiary/aromatic N) is 2. The summed E-state index contributed by atoms with van der Waals surface area (Å²) >= 11 is 0. The van der Waals surface area contributed by atoms with Crippen LogP contribution < -0.4 is 4.90 Å². The molecule has 0 bridgehead atoms. The summed E-state index contributed by atoms with van der Waals surface area (Å²) < 4.78 is 2.42. The normalized spacial score (nSPS) is 13.2. The van der Waals surface area contributed by atoms with E-state index >= 15 is 0 Å². The van der Waals surface area contributed by atoms with Gasteiger partial charge in [0.1, 0.15) is 0 Å². The van der Waals surface area contributed by atoms with Crippen LogP contribution in [0.1, 0.15) is 44.5 Å². The molecule has 2 aliphatic carbocycles. The second-order valence-electron chi connectivity index (χ2n) is 23.5. The molecule has 0 saturated heterocycles. The summed E-state index contributed by atoms with van der Waals surface area (Å²) in [6.45, 7) is 0. The number of aromatic nitrogens is 1. The first-order valence-electron chi connectivity index (χ1n) is 30.6. The highest BCUT2D eigenvalue weighted by Gasteiger charge is 2.47. The maximum Gasteiger partial charge on any atom is 0.0713 e. The van der Waals surface area contributed by atoms with E-state index in [0.717, 1.165) is 33.9 Å². The molecule has 0 spiro atoms. The van der Waals surface area contributed by atoms with Crippen LogP contribution in [0.25, 0.3) is 83.1 Å². The molecule has 88 heavy (non-hydrogen) atoms. The van der Waals surface area contributed by atoms with Gasteiger partial charge in [0.25, 0.3) is 0 Å². The van der Waals surface area contributed by atoms with Crippen molar-refractivity contribution in [2.75, 3.05) is 4.90 Å². The van der Waals surface area contributed by atoms with Gasteiger partial charge in [-0.05, 0) is 173 Å². The van der Waals surface area contributed by atoms with E-state index < -0.39 is 10.8 Å². The monoisotopic (exact) mass is 1120 g/mol. The third-order valence-corrected chi connectivity index (χ3v) is 19.0. The molecule has 2 aliphatic rings. The van der Waals surface area contributed by atoms with E-state index in [2.05, 4.69) is 361 Å². The van der Waals surface area contributed by atoms with E-state index in [1.54, 1.807) is 0 Å². The van der Waals surface area contributed by atoms with E-state index in [0.29, 0.717) is 0 Å². The molecular weight excluding hydrogens is 1060 g/mol. The lowest BCUT2D eigenvalue weighted by Gasteiger charge is -2.34. The lowest BCUT2D eigenvalue weighted by Crippen LogP contribution is -2.28. The molecule has 0 aliphatic heterocycles. The number of rotatable bonds is 11. The zero-order valence-corrected chi connectivity index (χ0v) is 48.4. The highest BCUT2D eigenvalue weighted by molar-refractivity contribution is 6.12. The van der Waals surface area contributed by atoms with Gasteiger partial charge in [0, 0.05) is 33.5 Å². The molecule has 0 amide bonds. The average Bonchev–Trinajstić information content (AvgIpc) is 1.67. The van der Waals surface area contributed by atoms with E-state index in [-0.39, 0.29) is 0 Å². The van der Waals surface area contributed by atoms with Crippen molar-refractivity contribution in [3.8, 4) is 61.3 Å². The quantitative estimate of drug-likeness (QED) is 0.125. The third kappa shape index (κ3) is 7.89. The van der Waals surface area contributed by atoms with Crippen molar-refractivity contribution in [3.63, 3.8) is 0 Å². The van der Waals surface area contributed by atoms with Gasteiger partial charge < -0.3 is 9.47 Å². The summed E-state index contributed by atoms with van der Waals surface area (Å²) in [6, 6.07) is 130. The first-order valence-corrected chi connectivity index (χ1v) is 30.6. The van der Waals surface area contributed by atoms with Crippen molar-refractivity contribution in [2.45, 2.75) is 10.8 Å². The Morgan fingerprint density at radius 1 is 0.216 bits per heavy atom. The minimum absolute atomic E-state index is 0.448. The summed E-state index contributed by atoms with van der Waals surface area (Å²) in [5.41, 5.74) is 28.3. The van der Waals surface area contributed by atoms with Gasteiger partial charge in [-0.3, -0.25) is 0 Å². The molecule has 1 aromatic heterocycles. The van der Waals surface area contributed by atoms with E-state index in [1.165, 1.54) is 111 Å². The summed E-state index contributed by atoms with van der Waals surface area (Å²) in [5.74, 6) is 0. The van der Waals surface area contributed by atoms with Crippen LogP contribution in [0, 0.1) is 0 Å². The highest BCUT2D eigenvalue weighted by Crippen LogP contribution is 2.58. The van der Waals surface area contributed by atoms with Crippen molar-refractivity contribution < 1.29 is 0 Å². The summed E-state index contributed by atoms with van der Waals surface area (Å²) in [7, 11) is 0. The Labute approximate surface area is 513 Å². The smallest absolute Gasteiger partial charge is 0.0713 e. The predicted octanol–water partition coefficient (Wildman–Crippen LogP) is 22.0. The third-order valence-electron chi connectivity index (χ3n) is 19.0. The van der Waals surface area contributed by atoms with Gasteiger partial charge in [0.05, 0.1) is 21.9 Å². The van der Waals surface area contributed by atoms with Crippen LogP contribution in [0.2, 0.25) is 0 Å². The molecule has 1 heterocycles. The van der Waals surface area contributed by atoms with E-state index in [1.807, 2.05) is 0 Å². The summed E-state index contributed by atoms with van der Waals surface area (Å²) in [5, 5.41) is 2.42. The number of fused-ring (bicyclic) bond motifs is 9. The Balaban J connectivity index is 0.760. The molecule has 15 aromatic rings.